The summed E-state index contributed by atoms with van der Waals surface area (Å²) in [7, 11) is 0. The monoisotopic (exact) mass is 236 g/mol. The lowest BCUT2D eigenvalue weighted by atomic mass is 10.3. The van der Waals surface area contributed by atoms with Crippen molar-refractivity contribution >= 4 is 17.3 Å². The molecule has 0 aromatic carbocycles. The van der Waals surface area contributed by atoms with E-state index < -0.39 is 5.97 Å². The Hall–Kier alpha value is -1.62. The molecule has 0 fully saturated rings. The van der Waals surface area contributed by atoms with Crippen LogP contribution in [0.15, 0.2) is 23.6 Å². The Morgan fingerprint density at radius 3 is 3.00 bits per heavy atom. The van der Waals surface area contributed by atoms with Gasteiger partial charge in [0.05, 0.1) is 0 Å². The second kappa shape index (κ2) is 4.49. The molecule has 0 saturated carbocycles. The predicted octanol–water partition coefficient (Wildman–Crippen LogP) is 2.19. The average molecular weight is 236 g/mol. The Bertz CT molecular complexity index is 488. The summed E-state index contributed by atoms with van der Waals surface area (Å²) >= 11 is 1.70. The van der Waals surface area contributed by atoms with E-state index in [9.17, 15) is 4.79 Å². The van der Waals surface area contributed by atoms with Gasteiger partial charge in [0.1, 0.15) is 0 Å². The van der Waals surface area contributed by atoms with Gasteiger partial charge in [-0.1, -0.05) is 6.07 Å². The van der Waals surface area contributed by atoms with Gasteiger partial charge in [0.2, 0.25) is 0 Å². The van der Waals surface area contributed by atoms with Gasteiger partial charge in [-0.2, -0.15) is 5.10 Å². The molecule has 5 heteroatoms. The molecule has 2 rings (SSSR count). The van der Waals surface area contributed by atoms with Crippen LogP contribution in [0, 0.1) is 6.92 Å². The minimum absolute atomic E-state index is 0.115. The number of aryl methyl sites for hydroxylation is 3. The largest absolute Gasteiger partial charge is 0.476 e. The number of hydrogen-bond acceptors (Lipinski definition) is 3. The van der Waals surface area contributed by atoms with Crippen molar-refractivity contribution < 1.29 is 9.90 Å². The number of carbonyl (C=O) groups is 1. The third-order valence-corrected chi connectivity index (χ3v) is 3.29. The summed E-state index contributed by atoms with van der Waals surface area (Å²) < 4.78 is 1.74. The summed E-state index contributed by atoms with van der Waals surface area (Å²) in [6.45, 7) is 2.59. The minimum Gasteiger partial charge on any atom is -0.476 e. The number of nitrogens with zero attached hydrogens (tertiary/aromatic N) is 2. The lowest BCUT2D eigenvalue weighted by Crippen LogP contribution is -2.06. The first-order valence-electron chi connectivity index (χ1n) is 4.97. The molecule has 0 aliphatic rings. The van der Waals surface area contributed by atoms with Gasteiger partial charge in [0, 0.05) is 23.5 Å². The molecule has 2 aromatic heterocycles. The van der Waals surface area contributed by atoms with E-state index in [-0.39, 0.29) is 5.69 Å². The second-order valence-electron chi connectivity index (χ2n) is 3.53. The molecule has 0 unspecified atom stereocenters. The van der Waals surface area contributed by atoms with Crippen molar-refractivity contribution in [1.82, 2.24) is 9.78 Å². The lowest BCUT2D eigenvalue weighted by Gasteiger charge is -2.01. The summed E-state index contributed by atoms with van der Waals surface area (Å²) in [5, 5.41) is 14.9. The number of carboxylic acid groups (broad SMARTS) is 1. The van der Waals surface area contributed by atoms with Crippen molar-refractivity contribution in [3.05, 3.63) is 39.8 Å². The zero-order valence-electron chi connectivity index (χ0n) is 8.88. The molecule has 0 aliphatic carbocycles. The van der Waals surface area contributed by atoms with Crippen LogP contribution in [0.5, 0.6) is 0 Å². The van der Waals surface area contributed by atoms with Crippen LogP contribution < -0.4 is 0 Å². The third kappa shape index (κ3) is 2.30. The molecule has 16 heavy (non-hydrogen) atoms. The predicted molar refractivity (Wildman–Crippen MR) is 61.9 cm³/mol. The number of aromatic nitrogens is 2. The Morgan fingerprint density at radius 1 is 1.62 bits per heavy atom. The van der Waals surface area contributed by atoms with Crippen molar-refractivity contribution in [2.75, 3.05) is 0 Å². The summed E-state index contributed by atoms with van der Waals surface area (Å²) in [5.74, 6) is -0.974. The van der Waals surface area contributed by atoms with Crippen molar-refractivity contribution in [2.24, 2.45) is 0 Å². The van der Waals surface area contributed by atoms with Crippen LogP contribution in [0.1, 0.15) is 21.1 Å². The molecule has 0 atom stereocenters. The summed E-state index contributed by atoms with van der Waals surface area (Å²) in [6.07, 6.45) is 0.888. The van der Waals surface area contributed by atoms with E-state index in [1.54, 1.807) is 22.1 Å². The van der Waals surface area contributed by atoms with Crippen molar-refractivity contribution in [2.45, 2.75) is 19.9 Å². The third-order valence-electron chi connectivity index (χ3n) is 2.35. The summed E-state index contributed by atoms with van der Waals surface area (Å²) in [5.41, 5.74) is 0.998. The first-order valence-corrected chi connectivity index (χ1v) is 5.85. The standard InChI is InChI=1S/C11H12N2O2S/c1-8-7-10(11(14)15)12-13(8)5-4-9-3-2-6-16-9/h2-3,6-7H,4-5H2,1H3,(H,14,15). The van der Waals surface area contributed by atoms with Crippen LogP contribution in [0.2, 0.25) is 0 Å². The first-order chi connectivity index (χ1) is 7.66. The fourth-order valence-electron chi connectivity index (χ4n) is 1.51. The zero-order valence-corrected chi connectivity index (χ0v) is 9.70. The van der Waals surface area contributed by atoms with E-state index in [2.05, 4.69) is 11.2 Å². The molecule has 0 aliphatic heterocycles. The Morgan fingerprint density at radius 2 is 2.44 bits per heavy atom. The lowest BCUT2D eigenvalue weighted by molar-refractivity contribution is 0.0689. The van der Waals surface area contributed by atoms with E-state index in [4.69, 9.17) is 5.11 Å². The van der Waals surface area contributed by atoms with E-state index >= 15 is 0 Å². The maximum Gasteiger partial charge on any atom is 0.356 e. The molecular formula is C11H12N2O2S. The molecule has 0 radical (unpaired) electrons. The van der Waals surface area contributed by atoms with Crippen LogP contribution >= 0.6 is 11.3 Å². The molecule has 2 heterocycles. The van der Waals surface area contributed by atoms with E-state index in [1.807, 2.05) is 18.4 Å². The van der Waals surface area contributed by atoms with Gasteiger partial charge < -0.3 is 5.11 Å². The highest BCUT2D eigenvalue weighted by Crippen LogP contribution is 2.11. The molecule has 84 valence electrons. The summed E-state index contributed by atoms with van der Waals surface area (Å²) in [4.78, 5) is 12.0. The Balaban J connectivity index is 2.07. The number of aromatic carboxylic acids is 1. The molecule has 0 amide bonds. The van der Waals surface area contributed by atoms with Gasteiger partial charge in [-0.3, -0.25) is 4.68 Å². The highest BCUT2D eigenvalue weighted by atomic mass is 32.1. The molecule has 2 aromatic rings. The number of carboxylic acids is 1. The highest BCUT2D eigenvalue weighted by molar-refractivity contribution is 7.09. The molecular weight excluding hydrogens is 224 g/mol. The molecule has 0 saturated heterocycles. The maximum atomic E-state index is 10.7. The quantitative estimate of drug-likeness (QED) is 0.885. The van der Waals surface area contributed by atoms with Crippen LogP contribution in [0.4, 0.5) is 0 Å². The SMILES string of the molecule is Cc1cc(C(=O)O)nn1CCc1cccs1. The minimum atomic E-state index is -0.974. The molecule has 0 spiro atoms. The Labute approximate surface area is 97.2 Å². The van der Waals surface area contributed by atoms with Gasteiger partial charge in [0.25, 0.3) is 0 Å². The van der Waals surface area contributed by atoms with Gasteiger partial charge in [0.15, 0.2) is 5.69 Å². The first kappa shape index (κ1) is 10.9. The van der Waals surface area contributed by atoms with Gasteiger partial charge in [-0.15, -0.1) is 11.3 Å². The normalized spacial score (nSPS) is 10.6. The highest BCUT2D eigenvalue weighted by Gasteiger charge is 2.10. The van der Waals surface area contributed by atoms with Crippen molar-refractivity contribution in [1.29, 1.82) is 0 Å². The van der Waals surface area contributed by atoms with Crippen LogP contribution in [0.25, 0.3) is 0 Å². The maximum absolute atomic E-state index is 10.7. The van der Waals surface area contributed by atoms with Gasteiger partial charge in [-0.25, -0.2) is 4.79 Å². The van der Waals surface area contributed by atoms with Crippen molar-refractivity contribution in [3.63, 3.8) is 0 Å². The van der Waals surface area contributed by atoms with E-state index in [0.717, 1.165) is 18.7 Å². The summed E-state index contributed by atoms with van der Waals surface area (Å²) in [6, 6.07) is 5.68. The number of hydrogen-bond donors (Lipinski definition) is 1. The molecule has 0 bridgehead atoms. The van der Waals surface area contributed by atoms with Gasteiger partial charge in [-0.05, 0) is 24.4 Å². The average Bonchev–Trinajstić information content (AvgIpc) is 2.84. The molecule has 1 N–H and O–H groups in total. The van der Waals surface area contributed by atoms with Crippen LogP contribution in [-0.4, -0.2) is 20.9 Å². The topological polar surface area (TPSA) is 55.1 Å². The van der Waals surface area contributed by atoms with Crippen LogP contribution in [0.3, 0.4) is 0 Å². The number of rotatable bonds is 4. The number of thiophene rings is 1. The fraction of sp³-hybridized carbons (Fsp3) is 0.273. The smallest absolute Gasteiger partial charge is 0.356 e. The Kier molecular flexibility index (Phi) is 3.05. The second-order valence-corrected chi connectivity index (χ2v) is 4.56. The molecule has 4 nitrogen and oxygen atoms in total. The van der Waals surface area contributed by atoms with Crippen LogP contribution in [-0.2, 0) is 13.0 Å². The van der Waals surface area contributed by atoms with E-state index in [0.29, 0.717) is 0 Å². The fourth-order valence-corrected chi connectivity index (χ4v) is 2.21. The zero-order chi connectivity index (χ0) is 11.5. The van der Waals surface area contributed by atoms with Crippen molar-refractivity contribution in [3.8, 4) is 0 Å². The van der Waals surface area contributed by atoms with E-state index in [1.165, 1.54) is 4.88 Å². The van der Waals surface area contributed by atoms with Gasteiger partial charge >= 0.3 is 5.97 Å².